The third-order valence-corrected chi connectivity index (χ3v) is 21.4. The average Bonchev–Trinajstić information content (AvgIpc) is 1.47. The zero-order valence-electron chi connectivity index (χ0n) is 59.8. The van der Waals surface area contributed by atoms with Crippen LogP contribution in [0, 0.1) is 0 Å². The van der Waals surface area contributed by atoms with Gasteiger partial charge in [-0.3, -0.25) is 0 Å². The summed E-state index contributed by atoms with van der Waals surface area (Å²) in [6.07, 6.45) is 0. The summed E-state index contributed by atoms with van der Waals surface area (Å²) >= 11 is 0. The molecule has 5 aromatic heterocycles. The molecule has 0 bridgehead atoms. The molecular weight excluding hydrogens is 1120 g/mol. The molecule has 0 unspecified atom stereocenters. The Morgan fingerprint density at radius 3 is 1.39 bits per heavy atom. The summed E-state index contributed by atoms with van der Waals surface area (Å²) in [6.45, 7) is 27.2. The van der Waals surface area contributed by atoms with Crippen LogP contribution < -0.4 is 16.4 Å². The minimum atomic E-state index is -0.407. The summed E-state index contributed by atoms with van der Waals surface area (Å²) in [5.74, 6) is 0. The Kier molecular flexibility index (Phi) is 9.79. The van der Waals surface area contributed by atoms with Gasteiger partial charge in [0.1, 0.15) is 0 Å². The monoisotopic (exact) mass is 1200 g/mol. The van der Waals surface area contributed by atoms with Gasteiger partial charge in [-0.2, -0.15) is 0 Å². The molecule has 0 radical (unpaired) electrons. The first-order valence-corrected chi connectivity index (χ1v) is 33.1. The van der Waals surface area contributed by atoms with Gasteiger partial charge in [-0.25, -0.2) is 0 Å². The number of fused-ring (bicyclic) bond motifs is 24. The molecule has 5 heteroatoms. The van der Waals surface area contributed by atoms with Gasteiger partial charge in [-0.05, 0) is 172 Å². The molecule has 2 aliphatic rings. The van der Waals surface area contributed by atoms with Crippen LogP contribution in [-0.2, 0) is 21.7 Å². The zero-order valence-corrected chi connectivity index (χ0v) is 54.8. The van der Waals surface area contributed by atoms with E-state index < -0.39 is 12.8 Å². The van der Waals surface area contributed by atoms with Crippen molar-refractivity contribution >= 4 is 148 Å². The molecule has 12 aromatic carbocycles. The average molecular weight is 1200 g/mol. The van der Waals surface area contributed by atoms with Crippen LogP contribution in [0.2, 0.25) is 0 Å². The second-order valence-corrected chi connectivity index (χ2v) is 31.0. The molecule has 0 aliphatic carbocycles. The minimum Gasteiger partial charge on any atom is -0.310 e. The van der Waals surface area contributed by atoms with E-state index in [1.54, 1.807) is 0 Å². The van der Waals surface area contributed by atoms with E-state index in [4.69, 9.17) is 4.11 Å². The second-order valence-electron chi connectivity index (χ2n) is 31.0. The van der Waals surface area contributed by atoms with Crippen LogP contribution in [0.4, 0.5) is 0 Å². The Morgan fingerprint density at radius 1 is 0.312 bits per heavy atom. The van der Waals surface area contributed by atoms with Crippen molar-refractivity contribution in [1.82, 2.24) is 18.1 Å². The molecule has 0 fully saturated rings. The molecule has 7 heterocycles. The van der Waals surface area contributed by atoms with Gasteiger partial charge in [-0.1, -0.05) is 229 Å². The molecule has 0 amide bonds. The molecule has 0 atom stereocenters. The Balaban J connectivity index is 1.05. The lowest BCUT2D eigenvalue weighted by Gasteiger charge is -2.35. The van der Waals surface area contributed by atoms with Crippen LogP contribution >= 0.6 is 0 Å². The van der Waals surface area contributed by atoms with Crippen LogP contribution in [0.15, 0.2) is 224 Å². The number of para-hydroxylation sites is 2. The van der Waals surface area contributed by atoms with E-state index in [2.05, 4.69) is 295 Å². The molecule has 0 saturated carbocycles. The maximum absolute atomic E-state index is 9.65. The van der Waals surface area contributed by atoms with Crippen molar-refractivity contribution in [2.75, 3.05) is 0 Å². The Morgan fingerprint density at radius 2 is 0.774 bits per heavy atom. The van der Waals surface area contributed by atoms with Gasteiger partial charge in [-0.15, -0.1) is 0 Å². The van der Waals surface area contributed by atoms with Gasteiger partial charge in [0.05, 0.1) is 51.2 Å². The second kappa shape index (κ2) is 18.4. The number of benzene rings is 12. The molecule has 448 valence electrons. The van der Waals surface area contributed by atoms with E-state index in [1.807, 2.05) is 0 Å². The highest BCUT2D eigenvalue weighted by molar-refractivity contribution is 7.00. The maximum atomic E-state index is 9.65. The topological polar surface area (TPSA) is 19.2 Å². The van der Waals surface area contributed by atoms with Crippen molar-refractivity contribution in [2.24, 2.45) is 0 Å². The molecular formula is C88H73BN4. The fourth-order valence-electron chi connectivity index (χ4n) is 16.7. The number of aromatic nitrogens is 4. The lowest BCUT2D eigenvalue weighted by molar-refractivity contribution is 0.590. The Labute approximate surface area is 549 Å². The Hall–Kier alpha value is -10.1. The molecule has 4 nitrogen and oxygen atoms in total. The van der Waals surface area contributed by atoms with Gasteiger partial charge in [0.15, 0.2) is 0 Å². The van der Waals surface area contributed by atoms with E-state index in [0.29, 0.717) is 5.56 Å². The molecule has 19 rings (SSSR count). The van der Waals surface area contributed by atoms with Crippen molar-refractivity contribution in [3.8, 4) is 28.2 Å². The SMILES string of the molecule is [2H]c1c([2H])c([2H])c(-c2cc3c4c(c2)c2cc(C(C)(C)C)ccc2n4-c2cc4c(c5c2B3c2cc(C(C)(C)C)cc3c6cc(-n7c8ccc(C(C)(C)C)cc8c8cc(C(C)(C)C)ccc87)ccc6n-5c23)c2cccc3c5ccccc5c5ccccc5c5ccccc5n4c32)c([2H])c1[2H]. The highest BCUT2D eigenvalue weighted by Gasteiger charge is 2.44. The lowest BCUT2D eigenvalue weighted by Crippen LogP contribution is -2.59. The number of rotatable bonds is 2. The molecule has 0 saturated heterocycles. The quantitative estimate of drug-likeness (QED) is 0.154. The minimum absolute atomic E-state index is 0.0539. The van der Waals surface area contributed by atoms with E-state index >= 15 is 0 Å². The van der Waals surface area contributed by atoms with Gasteiger partial charge >= 0.3 is 0 Å². The number of hydrogen-bond acceptors (Lipinski definition) is 0. The fourth-order valence-corrected chi connectivity index (χ4v) is 16.7. The number of hydrogen-bond donors (Lipinski definition) is 0. The third kappa shape index (κ3) is 7.45. The molecule has 93 heavy (non-hydrogen) atoms. The lowest BCUT2D eigenvalue weighted by atomic mass is 9.34. The summed E-state index contributed by atoms with van der Waals surface area (Å²) in [7, 11) is 0. The summed E-state index contributed by atoms with van der Waals surface area (Å²) in [4.78, 5) is 0. The normalized spacial score (nSPS) is 14.3. The molecule has 0 N–H and O–H groups in total. The summed E-state index contributed by atoms with van der Waals surface area (Å²) in [5, 5.41) is 16.1. The molecule has 17 aromatic rings. The highest BCUT2D eigenvalue weighted by atomic mass is 15.1. The van der Waals surface area contributed by atoms with Crippen molar-refractivity contribution in [3.05, 3.63) is 247 Å². The van der Waals surface area contributed by atoms with E-state index in [-0.39, 0.29) is 51.4 Å². The predicted octanol–water partition coefficient (Wildman–Crippen LogP) is 21.6. The van der Waals surface area contributed by atoms with E-state index in [9.17, 15) is 2.74 Å². The van der Waals surface area contributed by atoms with Gasteiger partial charge in [0.2, 0.25) is 0 Å². The van der Waals surface area contributed by atoms with Crippen LogP contribution in [0.3, 0.4) is 0 Å². The standard InChI is InChI=1S/C88H73BN4/c1-85(2,3)52-33-37-73-64(43-52)65-44-53(86(4,5)6)34-38-74(65)90(73)56-36-40-76-67(48-56)69-46-55(88(10,11)12)47-71-83(69)93(76)84-79-63-31-22-30-62-60-28-19-17-26-58(60)57-25-16-18-27-59(57)61-29-20-21-32-72(61)91(81(62)63)77(79)49-78-80(84)89(71)70-42-51(50-23-14-13-15-24-50)41-68-66-45-54(87(7,8)9)35-39-75(66)92(78)82(68)70/h13-49H,1-12H3/i13D,14D,15D,23D,24D. The highest BCUT2D eigenvalue weighted by Crippen LogP contribution is 2.49. The van der Waals surface area contributed by atoms with Crippen LogP contribution in [0.25, 0.3) is 153 Å². The first-order valence-electron chi connectivity index (χ1n) is 35.6. The van der Waals surface area contributed by atoms with Crippen LogP contribution in [0.5, 0.6) is 0 Å². The number of nitrogens with zero attached hydrogens (tertiary/aromatic N) is 4. The van der Waals surface area contributed by atoms with E-state index in [0.717, 1.165) is 115 Å². The van der Waals surface area contributed by atoms with Crippen molar-refractivity contribution in [2.45, 2.75) is 105 Å². The Bertz CT molecular complexity index is 6500. The molecule has 0 spiro atoms. The smallest absolute Gasteiger partial charge is 0.252 e. The molecule has 2 aliphatic heterocycles. The largest absolute Gasteiger partial charge is 0.310 e. The third-order valence-electron chi connectivity index (χ3n) is 21.4. The van der Waals surface area contributed by atoms with Crippen LogP contribution in [-0.4, -0.2) is 24.8 Å². The summed E-state index contributed by atoms with van der Waals surface area (Å²) < 4.78 is 56.6. The maximum Gasteiger partial charge on any atom is 0.252 e. The van der Waals surface area contributed by atoms with Crippen LogP contribution in [0.1, 0.15) is 112 Å². The van der Waals surface area contributed by atoms with Crippen molar-refractivity contribution < 1.29 is 6.85 Å². The van der Waals surface area contributed by atoms with Crippen molar-refractivity contribution in [3.63, 3.8) is 0 Å². The first kappa shape index (κ1) is 49.6. The van der Waals surface area contributed by atoms with Gasteiger partial charge in [0, 0.05) is 76.3 Å². The zero-order chi connectivity index (χ0) is 67.6. The summed E-state index contributed by atoms with van der Waals surface area (Å²) in [5.41, 5.74) is 21.7. The first-order chi connectivity index (χ1) is 46.8. The van der Waals surface area contributed by atoms with Crippen molar-refractivity contribution in [1.29, 1.82) is 0 Å². The van der Waals surface area contributed by atoms with E-state index in [1.165, 1.54) is 65.7 Å². The van der Waals surface area contributed by atoms with Gasteiger partial charge < -0.3 is 18.1 Å². The van der Waals surface area contributed by atoms with Gasteiger partial charge in [0.25, 0.3) is 6.71 Å². The fraction of sp³-hybridized carbons (Fsp3) is 0.182. The summed E-state index contributed by atoms with van der Waals surface area (Å²) in [6, 6.07) is 72.4. The predicted molar refractivity (Wildman–Crippen MR) is 402 cm³/mol.